The molecule has 0 amide bonds. The number of esters is 2. The van der Waals surface area contributed by atoms with Gasteiger partial charge in [-0.2, -0.15) is 0 Å². The molecule has 0 fully saturated rings. The number of rotatable bonds is 6. The number of hydrogen-bond acceptors (Lipinski definition) is 5. The van der Waals surface area contributed by atoms with Gasteiger partial charge in [0.15, 0.2) is 6.61 Å². The quantitative estimate of drug-likeness (QED) is 0.537. The molecule has 17 heavy (non-hydrogen) atoms. The number of hydrogen-bond donors (Lipinski definition) is 1. The van der Waals surface area contributed by atoms with Crippen molar-refractivity contribution >= 4 is 11.9 Å². The standard InChI is InChI=1S/C12H18O5/c1-5-6-16-11(14)9(3)10(4)12(15)17-7-8(2)13/h1,8-10,13H,6-7H2,2-4H3. The second kappa shape index (κ2) is 7.69. The molecule has 0 aromatic rings. The summed E-state index contributed by atoms with van der Waals surface area (Å²) in [5.41, 5.74) is 0. The summed E-state index contributed by atoms with van der Waals surface area (Å²) in [4.78, 5) is 22.9. The molecule has 0 aliphatic carbocycles. The topological polar surface area (TPSA) is 72.8 Å². The average Bonchev–Trinajstić information content (AvgIpc) is 2.30. The summed E-state index contributed by atoms with van der Waals surface area (Å²) < 4.78 is 9.52. The molecule has 0 saturated carbocycles. The molecule has 1 N–H and O–H groups in total. The normalized spacial score (nSPS) is 15.2. The summed E-state index contributed by atoms with van der Waals surface area (Å²) in [5, 5.41) is 8.96. The first-order valence-electron chi connectivity index (χ1n) is 5.35. The molecule has 5 nitrogen and oxygen atoms in total. The van der Waals surface area contributed by atoms with Crippen molar-refractivity contribution in [3.63, 3.8) is 0 Å². The van der Waals surface area contributed by atoms with Crippen LogP contribution in [0, 0.1) is 24.2 Å². The highest BCUT2D eigenvalue weighted by atomic mass is 16.5. The van der Waals surface area contributed by atoms with Gasteiger partial charge < -0.3 is 14.6 Å². The van der Waals surface area contributed by atoms with Crippen molar-refractivity contribution in [2.24, 2.45) is 11.8 Å². The zero-order valence-electron chi connectivity index (χ0n) is 10.3. The van der Waals surface area contributed by atoms with E-state index in [2.05, 4.69) is 5.92 Å². The number of carbonyl (C=O) groups excluding carboxylic acids is 2. The van der Waals surface area contributed by atoms with Crippen LogP contribution in [0.3, 0.4) is 0 Å². The molecule has 0 aliphatic rings. The van der Waals surface area contributed by atoms with Crippen LogP contribution in [0.4, 0.5) is 0 Å². The Morgan fingerprint density at radius 1 is 1.18 bits per heavy atom. The highest BCUT2D eigenvalue weighted by Crippen LogP contribution is 2.14. The van der Waals surface area contributed by atoms with Crippen LogP contribution in [0.2, 0.25) is 0 Å². The first kappa shape index (κ1) is 15.5. The predicted molar refractivity (Wildman–Crippen MR) is 60.8 cm³/mol. The zero-order chi connectivity index (χ0) is 13.4. The Labute approximate surface area is 101 Å². The Hall–Kier alpha value is -1.54. The Balaban J connectivity index is 4.19. The molecule has 0 heterocycles. The van der Waals surface area contributed by atoms with E-state index in [1.54, 1.807) is 13.8 Å². The van der Waals surface area contributed by atoms with Crippen LogP contribution < -0.4 is 0 Å². The molecule has 0 rings (SSSR count). The molecule has 0 bridgehead atoms. The molecule has 5 heteroatoms. The fourth-order valence-corrected chi connectivity index (χ4v) is 0.987. The lowest BCUT2D eigenvalue weighted by molar-refractivity contribution is -0.160. The van der Waals surface area contributed by atoms with Crippen LogP contribution in [0.15, 0.2) is 0 Å². The van der Waals surface area contributed by atoms with E-state index in [-0.39, 0.29) is 13.2 Å². The smallest absolute Gasteiger partial charge is 0.310 e. The molecule has 3 unspecified atom stereocenters. The Morgan fingerprint density at radius 3 is 2.06 bits per heavy atom. The molecule has 0 aromatic carbocycles. The molecule has 0 aromatic heterocycles. The summed E-state index contributed by atoms with van der Waals surface area (Å²) in [7, 11) is 0. The van der Waals surface area contributed by atoms with Crippen LogP contribution in [0.25, 0.3) is 0 Å². The van der Waals surface area contributed by atoms with E-state index in [0.717, 1.165) is 0 Å². The van der Waals surface area contributed by atoms with Gasteiger partial charge in [0.1, 0.15) is 6.61 Å². The van der Waals surface area contributed by atoms with Crippen molar-refractivity contribution in [2.45, 2.75) is 26.9 Å². The molecule has 0 saturated heterocycles. The van der Waals surface area contributed by atoms with E-state index in [9.17, 15) is 9.59 Å². The fraction of sp³-hybridized carbons (Fsp3) is 0.667. The van der Waals surface area contributed by atoms with Gasteiger partial charge in [-0.3, -0.25) is 9.59 Å². The maximum Gasteiger partial charge on any atom is 0.310 e. The van der Waals surface area contributed by atoms with Gasteiger partial charge in [-0.25, -0.2) is 0 Å². The first-order chi connectivity index (χ1) is 7.90. The molecule has 0 radical (unpaired) electrons. The van der Waals surface area contributed by atoms with Gasteiger partial charge in [0.25, 0.3) is 0 Å². The van der Waals surface area contributed by atoms with E-state index in [4.69, 9.17) is 21.0 Å². The number of terminal acetylenes is 1. The van der Waals surface area contributed by atoms with Crippen molar-refractivity contribution in [3.05, 3.63) is 0 Å². The van der Waals surface area contributed by atoms with Crippen molar-refractivity contribution in [1.82, 2.24) is 0 Å². The number of aliphatic hydroxyl groups excluding tert-OH is 1. The summed E-state index contributed by atoms with van der Waals surface area (Å²) in [6, 6.07) is 0. The monoisotopic (exact) mass is 242 g/mol. The molecule has 3 atom stereocenters. The van der Waals surface area contributed by atoms with Gasteiger partial charge in [0, 0.05) is 0 Å². The summed E-state index contributed by atoms with van der Waals surface area (Å²) >= 11 is 0. The van der Waals surface area contributed by atoms with Gasteiger partial charge in [-0.15, -0.1) is 6.42 Å². The van der Waals surface area contributed by atoms with Gasteiger partial charge in [0.2, 0.25) is 0 Å². The third-order valence-corrected chi connectivity index (χ3v) is 2.26. The zero-order valence-corrected chi connectivity index (χ0v) is 10.3. The second-order valence-electron chi connectivity index (χ2n) is 3.87. The summed E-state index contributed by atoms with van der Waals surface area (Å²) in [5.74, 6) is -0.188. The van der Waals surface area contributed by atoms with Gasteiger partial charge in [-0.05, 0) is 6.92 Å². The Morgan fingerprint density at radius 2 is 1.65 bits per heavy atom. The van der Waals surface area contributed by atoms with E-state index in [1.165, 1.54) is 6.92 Å². The van der Waals surface area contributed by atoms with Crippen LogP contribution >= 0.6 is 0 Å². The van der Waals surface area contributed by atoms with E-state index >= 15 is 0 Å². The lowest BCUT2D eigenvalue weighted by Crippen LogP contribution is -2.30. The van der Waals surface area contributed by atoms with Crippen molar-refractivity contribution in [2.75, 3.05) is 13.2 Å². The minimum absolute atomic E-state index is 0.0880. The first-order valence-corrected chi connectivity index (χ1v) is 5.35. The highest BCUT2D eigenvalue weighted by molar-refractivity contribution is 5.81. The lowest BCUT2D eigenvalue weighted by atomic mass is 9.96. The molecule has 0 aliphatic heterocycles. The third kappa shape index (κ3) is 5.93. The van der Waals surface area contributed by atoms with E-state index < -0.39 is 29.9 Å². The SMILES string of the molecule is C#CCOC(=O)C(C)C(C)C(=O)OCC(C)O. The van der Waals surface area contributed by atoms with Crippen molar-refractivity contribution < 1.29 is 24.2 Å². The highest BCUT2D eigenvalue weighted by Gasteiger charge is 2.28. The average molecular weight is 242 g/mol. The molecular weight excluding hydrogens is 224 g/mol. The summed E-state index contributed by atoms with van der Waals surface area (Å²) in [6.07, 6.45) is 4.22. The third-order valence-electron chi connectivity index (χ3n) is 2.26. The van der Waals surface area contributed by atoms with Crippen LogP contribution in [0.1, 0.15) is 20.8 Å². The van der Waals surface area contributed by atoms with Gasteiger partial charge in [-0.1, -0.05) is 19.8 Å². The largest absolute Gasteiger partial charge is 0.463 e. The minimum atomic E-state index is -0.727. The lowest BCUT2D eigenvalue weighted by Gasteiger charge is -2.17. The van der Waals surface area contributed by atoms with Crippen LogP contribution in [-0.2, 0) is 19.1 Å². The van der Waals surface area contributed by atoms with E-state index in [1.807, 2.05) is 0 Å². The van der Waals surface area contributed by atoms with Crippen molar-refractivity contribution in [1.29, 1.82) is 0 Å². The number of ether oxygens (including phenoxy) is 2. The fourth-order valence-electron chi connectivity index (χ4n) is 0.987. The van der Waals surface area contributed by atoms with Crippen molar-refractivity contribution in [3.8, 4) is 12.3 Å². The minimum Gasteiger partial charge on any atom is -0.463 e. The number of aliphatic hydroxyl groups is 1. The molecule has 96 valence electrons. The summed E-state index contributed by atoms with van der Waals surface area (Å²) in [6.45, 7) is 4.43. The predicted octanol–water partition coefficient (Wildman–Crippen LogP) is 0.359. The van der Waals surface area contributed by atoms with Crippen LogP contribution in [-0.4, -0.2) is 36.4 Å². The maximum absolute atomic E-state index is 11.5. The Bertz CT molecular complexity index is 303. The maximum atomic E-state index is 11.5. The van der Waals surface area contributed by atoms with E-state index in [0.29, 0.717) is 0 Å². The Kier molecular flexibility index (Phi) is 6.99. The van der Waals surface area contributed by atoms with Gasteiger partial charge in [0.05, 0.1) is 17.9 Å². The van der Waals surface area contributed by atoms with Gasteiger partial charge >= 0.3 is 11.9 Å². The second-order valence-corrected chi connectivity index (χ2v) is 3.87. The molecule has 0 spiro atoms. The molecular formula is C12H18O5. The number of carbonyl (C=O) groups is 2. The van der Waals surface area contributed by atoms with Crippen LogP contribution in [0.5, 0.6) is 0 Å².